The predicted molar refractivity (Wildman–Crippen MR) is 298 cm³/mol. The molecule has 16 aromatic rings. The van der Waals surface area contributed by atoms with Gasteiger partial charge in [0.1, 0.15) is 17.7 Å². The van der Waals surface area contributed by atoms with E-state index in [0.29, 0.717) is 34.0 Å². The average Bonchev–Trinajstić information content (AvgIpc) is 1.51. The molecule has 0 spiro atoms. The zero-order chi connectivity index (χ0) is 72.0. The Morgan fingerprint density at radius 1 is 0.329 bits per heavy atom. The molecule has 0 aliphatic carbocycles. The van der Waals surface area contributed by atoms with Gasteiger partial charge < -0.3 is 13.7 Å². The van der Waals surface area contributed by atoms with Crippen molar-refractivity contribution >= 4 is 160 Å². The molecule has 0 amide bonds. The summed E-state index contributed by atoms with van der Waals surface area (Å²) in [7, 11) is 0. The molecule has 322 valence electrons. The maximum Gasteiger partial charge on any atom is 0.104 e. The van der Waals surface area contributed by atoms with Crippen LogP contribution < -0.4 is 0 Å². The van der Waals surface area contributed by atoms with Crippen molar-refractivity contribution in [2.75, 3.05) is 0 Å². The van der Waals surface area contributed by atoms with Crippen LogP contribution in [0, 0.1) is 22.7 Å². The van der Waals surface area contributed by atoms with Crippen LogP contribution in [-0.2, 0) is 0 Å². The van der Waals surface area contributed by atoms with Crippen molar-refractivity contribution in [1.29, 1.82) is 10.5 Å². The van der Waals surface area contributed by atoms with Crippen molar-refractivity contribution < 1.29 is 41.1 Å². The Morgan fingerprint density at radius 2 is 0.686 bits per heavy atom. The zero-order valence-electron chi connectivity index (χ0n) is 64.5. The van der Waals surface area contributed by atoms with Crippen LogP contribution in [0.1, 0.15) is 52.2 Å². The Hall–Kier alpha value is -8.76. The van der Waals surface area contributed by atoms with Crippen LogP contribution in [0.25, 0.3) is 143 Å². The minimum Gasteiger partial charge on any atom is -0.308 e. The SMILES string of the molecule is [2H]c1c([2H])c([2H])c2c(sc3c([2H])c4c5c([2H])c([2H])c([2H])c([2H])c5n(-c5cc(C#N)c(-n6c7c([2H])c([2H])c([2H])c([2H])c7c7c([2H])c8sc9c([2H])c([2H])c([2H])c([2H])c9c8c([2H])c76)c(-n6c7c([2H])c([2H])c([2H])c([2H])c7c7c([2H])c8sc9c([2H])c([2H])c([2H])c([2H])c9c8c([2H])c76)c5C#N)c4c([2H])c32)c1[2H]. The summed E-state index contributed by atoms with van der Waals surface area (Å²) in [5, 5.41) is 20.0. The lowest BCUT2D eigenvalue weighted by molar-refractivity contribution is 1.06. The average molecular weight is 972 g/mol. The summed E-state index contributed by atoms with van der Waals surface area (Å²) < 4.78 is 283. The lowest BCUT2D eigenvalue weighted by Gasteiger charge is -2.22. The number of rotatable bonds is 3. The van der Waals surface area contributed by atoms with Gasteiger partial charge in [-0.1, -0.05) is 109 Å². The van der Waals surface area contributed by atoms with E-state index >= 15 is 0 Å². The fraction of sp³-hybridized carbons (Fsp3) is 0. The van der Waals surface area contributed by atoms with Gasteiger partial charge in [-0.25, -0.2) is 0 Å². The first-order chi connectivity index (χ1) is 47.2. The fourth-order valence-corrected chi connectivity index (χ4v) is 12.5. The lowest BCUT2D eigenvalue weighted by Crippen LogP contribution is -2.12. The smallest absolute Gasteiger partial charge is 0.104 e. The molecule has 16 rings (SSSR count). The first kappa shape index (κ1) is 19.7. The second-order valence-corrected chi connectivity index (χ2v) is 18.9. The third kappa shape index (κ3) is 4.96. The van der Waals surface area contributed by atoms with Gasteiger partial charge in [0.05, 0.1) is 96.8 Å². The summed E-state index contributed by atoms with van der Waals surface area (Å²) in [5.41, 5.74) is -8.03. The Bertz CT molecular complexity index is 6940. The summed E-state index contributed by atoms with van der Waals surface area (Å²) in [6.45, 7) is 0. The van der Waals surface area contributed by atoms with Crippen LogP contribution in [-0.4, -0.2) is 13.7 Å². The van der Waals surface area contributed by atoms with E-state index in [1.165, 1.54) is 0 Å². The monoisotopic (exact) mass is 971 g/mol. The van der Waals surface area contributed by atoms with Gasteiger partial charge in [0.2, 0.25) is 0 Å². The van der Waals surface area contributed by atoms with E-state index in [1.807, 2.05) is 0 Å². The molecule has 0 radical (unpaired) electrons. The second kappa shape index (κ2) is 13.9. The number of nitrogens with zero attached hydrogens (tertiary/aromatic N) is 5. The van der Waals surface area contributed by atoms with Gasteiger partial charge in [0.15, 0.2) is 0 Å². The molecule has 0 aliphatic rings. The highest BCUT2D eigenvalue weighted by Crippen LogP contribution is 2.48. The van der Waals surface area contributed by atoms with Gasteiger partial charge in [0.25, 0.3) is 0 Å². The van der Waals surface area contributed by atoms with Crippen molar-refractivity contribution in [1.82, 2.24) is 13.7 Å². The number of nitriles is 2. The van der Waals surface area contributed by atoms with Crippen molar-refractivity contribution in [3.63, 3.8) is 0 Å². The van der Waals surface area contributed by atoms with E-state index in [0.717, 1.165) is 19.8 Å². The van der Waals surface area contributed by atoms with Gasteiger partial charge in [-0.3, -0.25) is 0 Å². The number of benzene rings is 10. The molecule has 10 aromatic carbocycles. The van der Waals surface area contributed by atoms with E-state index < -0.39 is 275 Å². The molecule has 0 saturated carbocycles. The molecule has 70 heavy (non-hydrogen) atoms. The van der Waals surface area contributed by atoms with Gasteiger partial charge in [-0.05, 0) is 78.6 Å². The molecule has 0 saturated heterocycles. The Labute approximate surface area is 452 Å². The van der Waals surface area contributed by atoms with Gasteiger partial charge in [-0.2, -0.15) is 10.5 Å². The highest BCUT2D eigenvalue weighted by atomic mass is 32.1. The van der Waals surface area contributed by atoms with Gasteiger partial charge in [-0.15, -0.1) is 34.0 Å². The summed E-state index contributed by atoms with van der Waals surface area (Å²) in [6, 6.07) is -18.4. The number of hydrogen-bond donors (Lipinski definition) is 0. The van der Waals surface area contributed by atoms with E-state index in [1.54, 1.807) is 0 Å². The number of fused-ring (bicyclic) bond motifs is 18. The fourth-order valence-electron chi connectivity index (χ4n) is 9.64. The zero-order valence-corrected chi connectivity index (χ0v) is 37.0. The van der Waals surface area contributed by atoms with E-state index in [2.05, 4.69) is 12.1 Å². The third-order valence-corrected chi connectivity index (χ3v) is 15.5. The molecule has 0 aliphatic heterocycles. The van der Waals surface area contributed by atoms with Crippen LogP contribution in [0.4, 0.5) is 0 Å². The highest BCUT2D eigenvalue weighted by molar-refractivity contribution is 7.26. The molecule has 0 atom stereocenters. The first-order valence-electron chi connectivity index (χ1n) is 35.8. The second-order valence-electron chi connectivity index (χ2n) is 15.9. The Morgan fingerprint density at radius 3 is 1.10 bits per heavy atom. The minimum absolute atomic E-state index is 0.134. The molecule has 6 heterocycles. The summed E-state index contributed by atoms with van der Waals surface area (Å²) in [5.74, 6) is 0. The number of thiophene rings is 3. The largest absolute Gasteiger partial charge is 0.308 e. The molecular formula is C62H31N5S3. The third-order valence-electron chi connectivity index (χ3n) is 12.4. The molecule has 8 heteroatoms. The summed E-state index contributed by atoms with van der Waals surface area (Å²) >= 11 is 1.98. The van der Waals surface area contributed by atoms with Crippen LogP contribution in [0.3, 0.4) is 0 Å². The topological polar surface area (TPSA) is 62.4 Å². The van der Waals surface area contributed by atoms with E-state index in [4.69, 9.17) is 17.8 Å². The van der Waals surface area contributed by atoms with Crippen LogP contribution in [0.2, 0.25) is 0 Å². The number of para-hydroxylation sites is 3. The molecule has 0 bridgehead atoms. The molecule has 0 fully saturated rings. The molecule has 5 nitrogen and oxygen atoms in total. The van der Waals surface area contributed by atoms with Crippen LogP contribution in [0.15, 0.2) is 187 Å². The van der Waals surface area contributed by atoms with Crippen LogP contribution >= 0.6 is 34.0 Å². The maximum absolute atomic E-state index is 12.6. The lowest BCUT2D eigenvalue weighted by atomic mass is 10.0. The Kier molecular flexibility index (Phi) is 3.92. The number of hydrogen-bond acceptors (Lipinski definition) is 5. The predicted octanol–water partition coefficient (Wildman–Crippen LogP) is 17.8. The molecule has 0 unspecified atom stereocenters. The minimum atomic E-state index is -1.00. The van der Waals surface area contributed by atoms with Crippen molar-refractivity contribution in [2.24, 2.45) is 0 Å². The molecule has 0 N–H and O–H groups in total. The van der Waals surface area contributed by atoms with Gasteiger partial charge in [0, 0.05) is 92.8 Å². The maximum atomic E-state index is 12.6. The van der Waals surface area contributed by atoms with Crippen molar-refractivity contribution in [3.8, 4) is 29.2 Å². The summed E-state index contributed by atoms with van der Waals surface area (Å²) in [6.07, 6.45) is 0. The van der Waals surface area contributed by atoms with E-state index in [-0.39, 0.29) is 60.5 Å². The normalized spacial score (nSPS) is 18.3. The molecular weight excluding hydrogens is 911 g/mol. The Balaban J connectivity index is 1.26. The molecule has 6 aromatic heterocycles. The first-order valence-corrected chi connectivity index (χ1v) is 23.2. The van der Waals surface area contributed by atoms with Gasteiger partial charge >= 0.3 is 0 Å². The van der Waals surface area contributed by atoms with Crippen molar-refractivity contribution in [3.05, 3.63) is 198 Å². The van der Waals surface area contributed by atoms with Crippen LogP contribution in [0.5, 0.6) is 0 Å². The van der Waals surface area contributed by atoms with E-state index in [9.17, 15) is 33.8 Å². The van der Waals surface area contributed by atoms with Crippen molar-refractivity contribution in [2.45, 2.75) is 0 Å². The summed E-state index contributed by atoms with van der Waals surface area (Å²) in [4.78, 5) is 0. The number of aromatic nitrogens is 3. The highest BCUT2D eigenvalue weighted by Gasteiger charge is 2.30. The quantitative estimate of drug-likeness (QED) is 0.177. The standard InChI is InChI=1S/C62H31N5S3/c63-32-34-25-51(65-48-19-7-1-13-35(48)41-29-58-44(26-52(41)65)38-16-4-10-22-55(38)68-58)47(33-64)62(67-50-21-9-3-15-37(50)43-31-60-46(28-54(43)67)40-18-6-12-24-57(40)70-60)61(34)66-49-20-8-2-14-36(49)42-30-59-45(27-53(42)66)39-17-5-11-23-56(39)69-59/h1-31H/i1D,2D,3D,4D,5D,6D,7D,8D,9D,10D,11D,12D,13D,14D,15D,16D,17D,18D,19D,20D,21D,22D,23D,24D,26D,27D,28D,29D,30D,31D.